The normalized spacial score (nSPS) is 13.0. The van der Waals surface area contributed by atoms with E-state index >= 15 is 0 Å². The number of fused-ring (bicyclic) bond motifs is 1. The average Bonchev–Trinajstić information content (AvgIpc) is 3.01. The smallest absolute Gasteiger partial charge is 0.237 e. The van der Waals surface area contributed by atoms with Gasteiger partial charge in [-0.2, -0.15) is 0 Å². The van der Waals surface area contributed by atoms with Gasteiger partial charge in [0.1, 0.15) is 10.9 Å². The van der Waals surface area contributed by atoms with E-state index < -0.39 is 0 Å². The Morgan fingerprint density at radius 1 is 1.25 bits per heavy atom. The number of amides is 1. The number of hydrogen-bond acceptors (Lipinski definition) is 4. The van der Waals surface area contributed by atoms with Gasteiger partial charge in [0.25, 0.3) is 0 Å². The Balaban J connectivity index is 1.73. The number of benzene rings is 1. The maximum absolute atomic E-state index is 12.7. The molecule has 0 radical (unpaired) electrons. The molecule has 0 atom stereocenters. The van der Waals surface area contributed by atoms with Gasteiger partial charge in [-0.05, 0) is 57.7 Å². The number of hydrogen-bond donors (Lipinski definition) is 0. The van der Waals surface area contributed by atoms with E-state index in [1.54, 1.807) is 11.8 Å². The first kappa shape index (κ1) is 17.0. The Bertz CT molecular complexity index is 760. The Hall–Kier alpha value is -1.88. The van der Waals surface area contributed by atoms with Crippen LogP contribution in [-0.2, 0) is 17.6 Å². The highest BCUT2D eigenvalue weighted by Crippen LogP contribution is 2.30. The second-order valence-electron chi connectivity index (χ2n) is 6.12. The molecule has 1 aliphatic carbocycles. The number of nitrogens with zero attached hydrogens (tertiary/aromatic N) is 3. The van der Waals surface area contributed by atoms with Gasteiger partial charge in [0.15, 0.2) is 0 Å². The molecule has 24 heavy (non-hydrogen) atoms. The Morgan fingerprint density at radius 3 is 2.83 bits per heavy atom. The van der Waals surface area contributed by atoms with Gasteiger partial charge in [-0.3, -0.25) is 4.79 Å². The first-order valence-electron chi connectivity index (χ1n) is 8.44. The van der Waals surface area contributed by atoms with Crippen LogP contribution in [0.1, 0.15) is 36.0 Å². The Labute approximate surface area is 147 Å². The summed E-state index contributed by atoms with van der Waals surface area (Å²) < 4.78 is 0. The van der Waals surface area contributed by atoms with E-state index in [2.05, 4.69) is 16.0 Å². The molecule has 4 nitrogen and oxygen atoms in total. The van der Waals surface area contributed by atoms with Gasteiger partial charge in [-0.25, -0.2) is 9.97 Å². The Morgan fingerprint density at radius 2 is 2.08 bits per heavy atom. The molecule has 0 saturated heterocycles. The van der Waals surface area contributed by atoms with E-state index in [0.29, 0.717) is 12.3 Å². The van der Waals surface area contributed by atoms with Crippen LogP contribution in [-0.4, -0.2) is 28.2 Å². The number of thioether (sulfide) groups is 1. The Kier molecular flexibility index (Phi) is 5.19. The minimum absolute atomic E-state index is 0.121. The molecule has 2 aromatic rings. The molecule has 0 bridgehead atoms. The maximum atomic E-state index is 12.7. The van der Waals surface area contributed by atoms with E-state index in [-0.39, 0.29) is 5.91 Å². The predicted molar refractivity (Wildman–Crippen MR) is 98.7 cm³/mol. The molecule has 1 aromatic carbocycles. The SMILES string of the molecule is CCN(C(=O)CSc1nc(C)nc2c1CCC2)c1cccc(C)c1. The third-order valence-corrected chi connectivity index (χ3v) is 5.27. The summed E-state index contributed by atoms with van der Waals surface area (Å²) in [5.41, 5.74) is 4.54. The van der Waals surface area contributed by atoms with Crippen molar-refractivity contribution in [3.05, 3.63) is 46.9 Å². The number of carbonyl (C=O) groups excluding carboxylic acids is 1. The standard InChI is InChI=1S/C19H23N3OS/c1-4-22(15-8-5-7-13(2)11-15)18(23)12-24-19-16-9-6-10-17(16)20-14(3)21-19/h5,7-8,11H,4,6,9-10,12H2,1-3H3. The van der Waals surface area contributed by atoms with Crippen molar-refractivity contribution in [1.29, 1.82) is 0 Å². The second-order valence-corrected chi connectivity index (χ2v) is 7.08. The van der Waals surface area contributed by atoms with Crippen LogP contribution < -0.4 is 4.90 Å². The van der Waals surface area contributed by atoms with Crippen LogP contribution in [0.15, 0.2) is 29.3 Å². The first-order valence-corrected chi connectivity index (χ1v) is 9.43. The summed E-state index contributed by atoms with van der Waals surface area (Å²) in [4.78, 5) is 23.6. The van der Waals surface area contributed by atoms with Crippen LogP contribution in [0, 0.1) is 13.8 Å². The summed E-state index contributed by atoms with van der Waals surface area (Å²) in [6.07, 6.45) is 3.20. The van der Waals surface area contributed by atoms with Crippen LogP contribution >= 0.6 is 11.8 Å². The number of rotatable bonds is 5. The van der Waals surface area contributed by atoms with E-state index in [4.69, 9.17) is 0 Å². The van der Waals surface area contributed by atoms with Crippen LogP contribution in [0.5, 0.6) is 0 Å². The summed E-state index contributed by atoms with van der Waals surface area (Å²) >= 11 is 1.55. The minimum atomic E-state index is 0.121. The summed E-state index contributed by atoms with van der Waals surface area (Å²) in [6.45, 7) is 6.65. The quantitative estimate of drug-likeness (QED) is 0.614. The monoisotopic (exact) mass is 341 g/mol. The lowest BCUT2D eigenvalue weighted by Crippen LogP contribution is -2.32. The van der Waals surface area contributed by atoms with Crippen molar-refractivity contribution in [3.8, 4) is 0 Å². The topological polar surface area (TPSA) is 46.1 Å². The average molecular weight is 341 g/mol. The molecule has 0 unspecified atom stereocenters. The van der Waals surface area contributed by atoms with E-state index in [0.717, 1.165) is 41.4 Å². The predicted octanol–water partition coefficient (Wildman–Crippen LogP) is 3.73. The molecule has 0 fully saturated rings. The van der Waals surface area contributed by atoms with Gasteiger partial charge < -0.3 is 4.90 Å². The highest BCUT2D eigenvalue weighted by molar-refractivity contribution is 8.00. The minimum Gasteiger partial charge on any atom is -0.312 e. The lowest BCUT2D eigenvalue weighted by molar-refractivity contribution is -0.116. The lowest BCUT2D eigenvalue weighted by atomic mass is 10.2. The van der Waals surface area contributed by atoms with Crippen LogP contribution in [0.2, 0.25) is 0 Å². The fourth-order valence-electron chi connectivity index (χ4n) is 3.14. The molecule has 3 rings (SSSR count). The summed E-state index contributed by atoms with van der Waals surface area (Å²) in [6, 6.07) is 8.09. The van der Waals surface area contributed by atoms with Gasteiger partial charge in [-0.1, -0.05) is 23.9 Å². The van der Waals surface area contributed by atoms with Crippen molar-refractivity contribution in [2.24, 2.45) is 0 Å². The molecule has 126 valence electrons. The van der Waals surface area contributed by atoms with E-state index in [1.807, 2.05) is 43.9 Å². The molecule has 0 saturated carbocycles. The highest BCUT2D eigenvalue weighted by Gasteiger charge is 2.21. The third kappa shape index (κ3) is 3.61. The zero-order valence-electron chi connectivity index (χ0n) is 14.5. The molecule has 1 amide bonds. The van der Waals surface area contributed by atoms with Crippen molar-refractivity contribution in [1.82, 2.24) is 9.97 Å². The van der Waals surface area contributed by atoms with Crippen molar-refractivity contribution in [2.45, 2.75) is 45.1 Å². The molecule has 0 N–H and O–H groups in total. The van der Waals surface area contributed by atoms with Crippen LogP contribution in [0.3, 0.4) is 0 Å². The number of carbonyl (C=O) groups is 1. The van der Waals surface area contributed by atoms with Crippen molar-refractivity contribution < 1.29 is 4.79 Å². The van der Waals surface area contributed by atoms with Crippen molar-refractivity contribution in [3.63, 3.8) is 0 Å². The van der Waals surface area contributed by atoms with Gasteiger partial charge in [0.2, 0.25) is 5.91 Å². The molecule has 0 spiro atoms. The molecule has 1 heterocycles. The summed E-state index contributed by atoms with van der Waals surface area (Å²) in [5.74, 6) is 1.33. The lowest BCUT2D eigenvalue weighted by Gasteiger charge is -2.21. The zero-order chi connectivity index (χ0) is 17.1. The van der Waals surface area contributed by atoms with Crippen molar-refractivity contribution in [2.75, 3.05) is 17.2 Å². The van der Waals surface area contributed by atoms with E-state index in [9.17, 15) is 4.79 Å². The molecular weight excluding hydrogens is 318 g/mol. The van der Waals surface area contributed by atoms with Crippen molar-refractivity contribution >= 4 is 23.4 Å². The van der Waals surface area contributed by atoms with Gasteiger partial charge in [0, 0.05) is 23.5 Å². The molecule has 0 aliphatic heterocycles. The maximum Gasteiger partial charge on any atom is 0.237 e. The first-order chi connectivity index (χ1) is 11.6. The highest BCUT2D eigenvalue weighted by atomic mass is 32.2. The van der Waals surface area contributed by atoms with E-state index in [1.165, 1.54) is 11.3 Å². The third-order valence-electron chi connectivity index (χ3n) is 4.27. The summed E-state index contributed by atoms with van der Waals surface area (Å²) in [5, 5.41) is 0.989. The van der Waals surface area contributed by atoms with Crippen LogP contribution in [0.25, 0.3) is 0 Å². The fourth-order valence-corrected chi connectivity index (χ4v) is 4.15. The van der Waals surface area contributed by atoms with Gasteiger partial charge in [-0.15, -0.1) is 0 Å². The molecular formula is C19H23N3OS. The summed E-state index contributed by atoms with van der Waals surface area (Å²) in [7, 11) is 0. The number of aryl methyl sites for hydroxylation is 3. The van der Waals surface area contributed by atoms with Gasteiger partial charge >= 0.3 is 0 Å². The van der Waals surface area contributed by atoms with Crippen LogP contribution in [0.4, 0.5) is 5.69 Å². The molecule has 5 heteroatoms. The van der Waals surface area contributed by atoms with Gasteiger partial charge in [0.05, 0.1) is 5.75 Å². The number of anilines is 1. The molecule has 1 aliphatic rings. The second kappa shape index (κ2) is 7.34. The zero-order valence-corrected chi connectivity index (χ0v) is 15.3. The largest absolute Gasteiger partial charge is 0.312 e. The number of aromatic nitrogens is 2. The molecule has 1 aromatic heterocycles. The fraction of sp³-hybridized carbons (Fsp3) is 0.421.